The minimum Gasteiger partial charge on any atom is -0.303 e. The van der Waals surface area contributed by atoms with Crippen LogP contribution in [0.2, 0.25) is 0 Å². The summed E-state index contributed by atoms with van der Waals surface area (Å²) in [4.78, 5) is 18.6. The zero-order chi connectivity index (χ0) is 21.7. The van der Waals surface area contributed by atoms with Crippen LogP contribution in [0.1, 0.15) is 0 Å². The highest BCUT2D eigenvalue weighted by Gasteiger charge is 2.35. The summed E-state index contributed by atoms with van der Waals surface area (Å²) in [7, 11) is 0. The van der Waals surface area contributed by atoms with Gasteiger partial charge in [0.2, 0.25) is 0 Å². The molecule has 3 nitrogen and oxygen atoms in total. The second-order valence-electron chi connectivity index (χ2n) is 8.55. The van der Waals surface area contributed by atoms with Crippen LogP contribution < -0.4 is 10.5 Å². The first kappa shape index (κ1) is 17.5. The monoisotopic (exact) mass is 440 g/mol. The Hall–Kier alpha value is -4.02. The molecule has 0 amide bonds. The van der Waals surface area contributed by atoms with Crippen LogP contribution in [0, 0.1) is 0 Å². The van der Waals surface area contributed by atoms with Crippen LogP contribution in [0.15, 0.2) is 112 Å². The third kappa shape index (κ3) is 2.09. The van der Waals surface area contributed by atoms with Crippen LogP contribution in [0.3, 0.4) is 0 Å². The van der Waals surface area contributed by atoms with Crippen LogP contribution in [0.4, 0.5) is 17.1 Å². The van der Waals surface area contributed by atoms with E-state index in [-0.39, 0.29) is 5.56 Å². The summed E-state index contributed by atoms with van der Waals surface area (Å²) in [6.45, 7) is 0. The standard InChI is InChI=1S/C29H16N2OS/c32-29-21-10-4-3-9-19(21)20-14-16-25-28-27(20)31(29)23-12-6-5-11-22(23)30(28)26-18-8-2-1-7-17(18)13-15-24(26)33-25/h1-16H. The third-order valence-corrected chi connectivity index (χ3v) is 7.98. The number of fused-ring (bicyclic) bond motifs is 9. The molecule has 8 rings (SSSR count). The van der Waals surface area contributed by atoms with Crippen molar-refractivity contribution in [2.75, 3.05) is 4.90 Å². The van der Waals surface area contributed by atoms with Crippen molar-refractivity contribution in [3.05, 3.63) is 107 Å². The molecule has 33 heavy (non-hydrogen) atoms. The molecule has 0 atom stereocenters. The van der Waals surface area contributed by atoms with Gasteiger partial charge >= 0.3 is 0 Å². The number of anilines is 3. The zero-order valence-electron chi connectivity index (χ0n) is 17.4. The van der Waals surface area contributed by atoms with Gasteiger partial charge in [0.25, 0.3) is 5.56 Å². The van der Waals surface area contributed by atoms with Crippen molar-refractivity contribution in [1.82, 2.24) is 4.57 Å². The van der Waals surface area contributed by atoms with Crippen molar-refractivity contribution < 1.29 is 0 Å². The summed E-state index contributed by atoms with van der Waals surface area (Å²) in [5.74, 6) is 0. The largest absolute Gasteiger partial charge is 0.303 e. The van der Waals surface area contributed by atoms with E-state index in [9.17, 15) is 4.79 Å². The van der Waals surface area contributed by atoms with Crippen LogP contribution in [0.25, 0.3) is 38.1 Å². The molecule has 2 aliphatic rings. The van der Waals surface area contributed by atoms with Gasteiger partial charge in [0.05, 0.1) is 28.3 Å². The normalized spacial score (nSPS) is 13.4. The highest BCUT2D eigenvalue weighted by molar-refractivity contribution is 7.99. The van der Waals surface area contributed by atoms with Crippen LogP contribution in [-0.2, 0) is 0 Å². The van der Waals surface area contributed by atoms with Gasteiger partial charge in [-0.25, -0.2) is 0 Å². The molecule has 1 aromatic heterocycles. The quantitative estimate of drug-likeness (QED) is 0.228. The van der Waals surface area contributed by atoms with E-state index in [0.29, 0.717) is 0 Å². The first-order valence-corrected chi connectivity index (χ1v) is 11.8. The topological polar surface area (TPSA) is 25.2 Å². The molecule has 4 heteroatoms. The van der Waals surface area contributed by atoms with Crippen LogP contribution >= 0.6 is 11.8 Å². The Kier molecular flexibility index (Phi) is 3.22. The lowest BCUT2D eigenvalue weighted by Gasteiger charge is -2.39. The van der Waals surface area contributed by atoms with Gasteiger partial charge in [-0.15, -0.1) is 0 Å². The van der Waals surface area contributed by atoms with E-state index < -0.39 is 0 Å². The smallest absolute Gasteiger partial charge is 0.263 e. The highest BCUT2D eigenvalue weighted by atomic mass is 32.2. The molecule has 3 heterocycles. The molecule has 0 bridgehead atoms. The number of benzene rings is 5. The number of aromatic nitrogens is 1. The lowest BCUT2D eigenvalue weighted by atomic mass is 9.99. The molecule has 154 valence electrons. The third-order valence-electron chi connectivity index (χ3n) is 6.88. The van der Waals surface area contributed by atoms with E-state index in [0.717, 1.165) is 38.7 Å². The molecule has 0 fully saturated rings. The Morgan fingerprint density at radius 2 is 1.21 bits per heavy atom. The molecule has 0 unspecified atom stereocenters. The number of hydrogen-bond donors (Lipinski definition) is 0. The van der Waals surface area contributed by atoms with Crippen molar-refractivity contribution in [3.8, 4) is 5.69 Å². The fourth-order valence-electron chi connectivity index (χ4n) is 5.52. The average Bonchev–Trinajstić information content (AvgIpc) is 2.88. The van der Waals surface area contributed by atoms with Gasteiger partial charge in [0.1, 0.15) is 0 Å². The van der Waals surface area contributed by atoms with Gasteiger partial charge in [-0.2, -0.15) is 0 Å². The lowest BCUT2D eigenvalue weighted by Crippen LogP contribution is -2.28. The van der Waals surface area contributed by atoms with Crippen molar-refractivity contribution in [2.45, 2.75) is 9.79 Å². The molecular formula is C29H16N2OS. The minimum atomic E-state index is 0.0346. The van der Waals surface area contributed by atoms with Crippen molar-refractivity contribution >= 4 is 61.3 Å². The lowest BCUT2D eigenvalue weighted by molar-refractivity contribution is 1.01. The molecule has 2 aliphatic heterocycles. The molecular weight excluding hydrogens is 424 g/mol. The summed E-state index contributed by atoms with van der Waals surface area (Å²) < 4.78 is 1.93. The molecule has 0 spiro atoms. The van der Waals surface area contributed by atoms with Crippen molar-refractivity contribution in [2.24, 2.45) is 0 Å². The highest BCUT2D eigenvalue weighted by Crippen LogP contribution is 2.58. The van der Waals surface area contributed by atoms with Gasteiger partial charge in [0.15, 0.2) is 0 Å². The Morgan fingerprint density at radius 1 is 0.545 bits per heavy atom. The van der Waals surface area contributed by atoms with E-state index in [1.807, 2.05) is 28.8 Å². The Balaban J connectivity index is 1.65. The van der Waals surface area contributed by atoms with Crippen molar-refractivity contribution in [3.63, 3.8) is 0 Å². The molecule has 0 N–H and O–H groups in total. The molecule has 0 radical (unpaired) electrons. The maximum atomic E-state index is 13.8. The predicted octanol–water partition coefficient (Wildman–Crippen LogP) is 7.54. The fraction of sp³-hybridized carbons (Fsp3) is 0. The Morgan fingerprint density at radius 3 is 2.09 bits per heavy atom. The predicted molar refractivity (Wildman–Crippen MR) is 137 cm³/mol. The average molecular weight is 441 g/mol. The zero-order valence-corrected chi connectivity index (χ0v) is 18.3. The van der Waals surface area contributed by atoms with Crippen molar-refractivity contribution in [1.29, 1.82) is 0 Å². The summed E-state index contributed by atoms with van der Waals surface area (Å²) in [6, 6.07) is 33.6. The SMILES string of the molecule is O=c1c2ccccc2c2ccc3c4c2n1-c1ccccc1N4c1c(ccc2ccccc12)S3. The van der Waals surface area contributed by atoms with Gasteiger partial charge in [-0.1, -0.05) is 78.5 Å². The maximum absolute atomic E-state index is 13.8. The van der Waals surface area contributed by atoms with E-state index in [2.05, 4.69) is 77.7 Å². The van der Waals surface area contributed by atoms with E-state index >= 15 is 0 Å². The maximum Gasteiger partial charge on any atom is 0.263 e. The number of pyridine rings is 1. The molecule has 0 saturated heterocycles. The Bertz CT molecular complexity index is 1890. The van der Waals surface area contributed by atoms with Gasteiger partial charge < -0.3 is 4.90 Å². The summed E-state index contributed by atoms with van der Waals surface area (Å²) in [5.41, 5.74) is 5.27. The Labute approximate surface area is 193 Å². The van der Waals surface area contributed by atoms with Gasteiger partial charge in [-0.05, 0) is 41.1 Å². The minimum absolute atomic E-state index is 0.0346. The van der Waals surface area contributed by atoms with Gasteiger partial charge in [-0.3, -0.25) is 9.36 Å². The fourth-order valence-corrected chi connectivity index (χ4v) is 6.61. The summed E-state index contributed by atoms with van der Waals surface area (Å²) >= 11 is 1.79. The molecule has 6 aromatic rings. The number of hydrogen-bond acceptors (Lipinski definition) is 3. The molecule has 5 aromatic carbocycles. The first-order valence-electron chi connectivity index (χ1n) is 11.0. The second kappa shape index (κ2) is 6.06. The first-order chi connectivity index (χ1) is 16.3. The number of para-hydroxylation sites is 2. The van der Waals surface area contributed by atoms with E-state index in [1.54, 1.807) is 11.8 Å². The van der Waals surface area contributed by atoms with E-state index in [1.165, 1.54) is 26.3 Å². The summed E-state index contributed by atoms with van der Waals surface area (Å²) in [6.07, 6.45) is 0. The summed E-state index contributed by atoms with van der Waals surface area (Å²) in [5, 5.41) is 5.29. The number of rotatable bonds is 0. The van der Waals surface area contributed by atoms with Gasteiger partial charge in [0, 0.05) is 25.9 Å². The molecule has 0 saturated carbocycles. The number of nitrogens with zero attached hydrogens (tertiary/aromatic N) is 2. The second-order valence-corrected chi connectivity index (χ2v) is 9.64. The molecule has 0 aliphatic carbocycles. The van der Waals surface area contributed by atoms with Crippen LogP contribution in [0.5, 0.6) is 0 Å². The van der Waals surface area contributed by atoms with E-state index in [4.69, 9.17) is 0 Å². The van der Waals surface area contributed by atoms with Crippen LogP contribution in [-0.4, -0.2) is 4.57 Å².